The average Bonchev–Trinajstić information content (AvgIpc) is 3.63. The third-order valence-electron chi connectivity index (χ3n) is 6.28. The molecule has 9 nitrogen and oxygen atoms in total. The smallest absolute Gasteiger partial charge is 0.256 e. The predicted octanol–water partition coefficient (Wildman–Crippen LogP) is 4.25. The van der Waals surface area contributed by atoms with Crippen molar-refractivity contribution in [2.45, 2.75) is 44.4 Å². The minimum Gasteiger partial charge on any atom is -0.480 e. The van der Waals surface area contributed by atoms with E-state index >= 15 is 0 Å². The molecule has 0 unspecified atom stereocenters. The number of aromatic nitrogens is 4. The molecule has 2 N–H and O–H groups in total. The molecule has 1 fully saturated rings. The van der Waals surface area contributed by atoms with Crippen molar-refractivity contribution < 1.29 is 18.3 Å². The third kappa shape index (κ3) is 5.09. The molecule has 4 heterocycles. The number of carbonyl (C=O) groups excluding carboxylic acids is 1. The normalized spacial score (nSPS) is 19.1. The quantitative estimate of drug-likeness (QED) is 0.383. The molecule has 5 rings (SSSR count). The fraction of sp³-hybridized carbons (Fsp3) is 0.346. The number of methoxy groups -OCH3 is 1. The lowest BCUT2D eigenvalue weighted by Crippen LogP contribution is -2.35. The van der Waals surface area contributed by atoms with Gasteiger partial charge in [-0.3, -0.25) is 4.79 Å². The Kier molecular flexibility index (Phi) is 6.74. The molecule has 4 aromatic rings. The minimum atomic E-state index is -1.13. The standard InChI is InChI=1S/C26H27FN6O3S/c1-15-14-37-23(30-15)20-10-18(27)13-33(20)24(34)17-9-19(21(35-3)29-12-17)22-31-32-25(36-22)26(2,28)11-16-7-5-4-6-8-16/h4-9,12,14,18,20H,10-11,13,28H2,1-3H3/t18-,20+,26-/m0/s1. The zero-order valence-corrected chi connectivity index (χ0v) is 21.5. The summed E-state index contributed by atoms with van der Waals surface area (Å²) in [5, 5.41) is 11.0. The predicted molar refractivity (Wildman–Crippen MR) is 136 cm³/mol. The molecule has 3 atom stereocenters. The monoisotopic (exact) mass is 522 g/mol. The molecule has 0 bridgehead atoms. The molecular weight excluding hydrogens is 495 g/mol. The van der Waals surface area contributed by atoms with Gasteiger partial charge in [0.25, 0.3) is 11.8 Å². The Balaban J connectivity index is 1.44. The van der Waals surface area contributed by atoms with Crippen molar-refractivity contribution in [3.8, 4) is 17.3 Å². The molecule has 1 aliphatic rings. The van der Waals surface area contributed by atoms with Crippen molar-refractivity contribution in [1.29, 1.82) is 0 Å². The minimum absolute atomic E-state index is 0.0147. The topological polar surface area (TPSA) is 120 Å². The van der Waals surface area contributed by atoms with Crippen LogP contribution in [0.5, 0.6) is 5.88 Å². The first-order chi connectivity index (χ1) is 17.7. The van der Waals surface area contributed by atoms with Crippen molar-refractivity contribution in [3.63, 3.8) is 0 Å². The lowest BCUT2D eigenvalue weighted by Gasteiger charge is -2.23. The number of alkyl halides is 1. The lowest BCUT2D eigenvalue weighted by molar-refractivity contribution is 0.0727. The number of rotatable bonds is 7. The molecule has 0 radical (unpaired) electrons. The van der Waals surface area contributed by atoms with Gasteiger partial charge in [0.1, 0.15) is 16.7 Å². The van der Waals surface area contributed by atoms with Crippen LogP contribution < -0.4 is 10.5 Å². The van der Waals surface area contributed by atoms with Crippen molar-refractivity contribution in [3.05, 3.63) is 75.7 Å². The number of aryl methyl sites for hydroxylation is 1. The van der Waals surface area contributed by atoms with E-state index < -0.39 is 17.8 Å². The van der Waals surface area contributed by atoms with Gasteiger partial charge in [-0.1, -0.05) is 30.3 Å². The molecule has 11 heteroatoms. The van der Waals surface area contributed by atoms with E-state index in [1.807, 2.05) is 49.6 Å². The van der Waals surface area contributed by atoms with Crippen LogP contribution in [-0.2, 0) is 12.0 Å². The Labute approximate surface area is 217 Å². The van der Waals surface area contributed by atoms with Crippen molar-refractivity contribution in [2.75, 3.05) is 13.7 Å². The Bertz CT molecular complexity index is 1410. The number of ether oxygens (including phenoxy) is 1. The first-order valence-corrected chi connectivity index (χ1v) is 12.7. The average molecular weight is 523 g/mol. The Morgan fingerprint density at radius 3 is 2.81 bits per heavy atom. The highest BCUT2D eigenvalue weighted by atomic mass is 32.1. The van der Waals surface area contributed by atoms with E-state index in [0.29, 0.717) is 12.0 Å². The number of carbonyl (C=O) groups is 1. The number of nitrogens with zero attached hydrogens (tertiary/aromatic N) is 5. The van der Waals surface area contributed by atoms with Crippen LogP contribution >= 0.6 is 11.3 Å². The summed E-state index contributed by atoms with van der Waals surface area (Å²) >= 11 is 1.42. The van der Waals surface area contributed by atoms with Gasteiger partial charge in [0.15, 0.2) is 0 Å². The second-order valence-electron chi connectivity index (χ2n) is 9.41. The summed E-state index contributed by atoms with van der Waals surface area (Å²) in [6, 6.07) is 10.9. The maximum absolute atomic E-state index is 14.4. The zero-order valence-electron chi connectivity index (χ0n) is 20.7. The van der Waals surface area contributed by atoms with Crippen LogP contribution in [0.3, 0.4) is 0 Å². The van der Waals surface area contributed by atoms with E-state index in [4.69, 9.17) is 14.9 Å². The molecule has 1 amide bonds. The second kappa shape index (κ2) is 9.98. The Morgan fingerprint density at radius 2 is 2.11 bits per heavy atom. The number of likely N-dealkylation sites (tertiary alicyclic amines) is 1. The molecule has 1 saturated heterocycles. The van der Waals surface area contributed by atoms with Crippen LogP contribution in [0.4, 0.5) is 4.39 Å². The molecule has 1 aromatic carbocycles. The number of halogens is 1. The molecule has 0 saturated carbocycles. The second-order valence-corrected chi connectivity index (χ2v) is 10.3. The van der Waals surface area contributed by atoms with Gasteiger partial charge in [-0.2, -0.15) is 0 Å². The number of benzene rings is 1. The van der Waals surface area contributed by atoms with E-state index in [1.165, 1.54) is 29.5 Å². The zero-order chi connectivity index (χ0) is 26.2. The van der Waals surface area contributed by atoms with Gasteiger partial charge >= 0.3 is 0 Å². The number of hydrogen-bond donors (Lipinski definition) is 1. The highest BCUT2D eigenvalue weighted by Crippen LogP contribution is 2.37. The summed E-state index contributed by atoms with van der Waals surface area (Å²) in [6.07, 6.45) is 0.966. The van der Waals surface area contributed by atoms with Crippen molar-refractivity contribution >= 4 is 17.2 Å². The van der Waals surface area contributed by atoms with Crippen molar-refractivity contribution in [1.82, 2.24) is 25.1 Å². The Hall–Kier alpha value is -3.70. The first-order valence-electron chi connectivity index (χ1n) is 11.8. The molecule has 1 aliphatic heterocycles. The van der Waals surface area contributed by atoms with Crippen LogP contribution in [0, 0.1) is 6.92 Å². The molecule has 0 spiro atoms. The fourth-order valence-corrected chi connectivity index (χ4v) is 5.40. The number of nitrogens with two attached hydrogens (primary N) is 1. The lowest BCUT2D eigenvalue weighted by atomic mass is 9.94. The summed E-state index contributed by atoms with van der Waals surface area (Å²) in [5.74, 6) is 0.215. The molecule has 192 valence electrons. The van der Waals surface area contributed by atoms with E-state index in [2.05, 4.69) is 20.2 Å². The summed E-state index contributed by atoms with van der Waals surface area (Å²) in [7, 11) is 1.46. The summed E-state index contributed by atoms with van der Waals surface area (Å²) in [5.41, 5.74) is 8.08. The highest BCUT2D eigenvalue weighted by Gasteiger charge is 2.39. The summed E-state index contributed by atoms with van der Waals surface area (Å²) in [4.78, 5) is 23.8. The van der Waals surface area contributed by atoms with Gasteiger partial charge in [-0.05, 0) is 31.9 Å². The van der Waals surface area contributed by atoms with Gasteiger partial charge in [0.2, 0.25) is 11.8 Å². The van der Waals surface area contributed by atoms with Gasteiger partial charge in [-0.15, -0.1) is 21.5 Å². The molecule has 0 aliphatic carbocycles. The van der Waals surface area contributed by atoms with E-state index in [0.717, 1.165) is 16.3 Å². The van der Waals surface area contributed by atoms with Gasteiger partial charge in [-0.25, -0.2) is 14.4 Å². The van der Waals surface area contributed by atoms with Crippen LogP contribution in [-0.4, -0.2) is 50.8 Å². The number of amides is 1. The molecule has 37 heavy (non-hydrogen) atoms. The van der Waals surface area contributed by atoms with E-state index in [1.54, 1.807) is 6.07 Å². The largest absolute Gasteiger partial charge is 0.480 e. The number of thiazole rings is 1. The Morgan fingerprint density at radius 1 is 1.32 bits per heavy atom. The molecule has 3 aromatic heterocycles. The highest BCUT2D eigenvalue weighted by molar-refractivity contribution is 7.09. The summed E-state index contributed by atoms with van der Waals surface area (Å²) < 4.78 is 25.8. The third-order valence-corrected chi connectivity index (χ3v) is 7.35. The van der Waals surface area contributed by atoms with Gasteiger partial charge < -0.3 is 19.8 Å². The van der Waals surface area contributed by atoms with Crippen LogP contribution in [0.15, 0.2) is 52.4 Å². The van der Waals surface area contributed by atoms with E-state index in [9.17, 15) is 9.18 Å². The van der Waals surface area contributed by atoms with Crippen LogP contribution in [0.25, 0.3) is 11.5 Å². The fourth-order valence-electron chi connectivity index (χ4n) is 4.48. The number of hydrogen-bond acceptors (Lipinski definition) is 9. The molecular formula is C26H27FN6O3S. The summed E-state index contributed by atoms with van der Waals surface area (Å²) in [6.45, 7) is 3.67. The maximum atomic E-state index is 14.4. The SMILES string of the molecule is COc1ncc(C(=O)N2C[C@@H](F)C[C@@H]2c2nc(C)cs2)cc1-c1nnc([C@@](C)(N)Cc2ccccc2)o1. The van der Waals surface area contributed by atoms with Gasteiger partial charge in [0, 0.05) is 23.7 Å². The van der Waals surface area contributed by atoms with Crippen LogP contribution in [0.2, 0.25) is 0 Å². The van der Waals surface area contributed by atoms with Crippen LogP contribution in [0.1, 0.15) is 51.9 Å². The van der Waals surface area contributed by atoms with E-state index in [-0.39, 0.29) is 42.1 Å². The van der Waals surface area contributed by atoms with Crippen molar-refractivity contribution in [2.24, 2.45) is 5.73 Å². The maximum Gasteiger partial charge on any atom is 0.256 e. The first kappa shape index (κ1) is 25.0. The number of pyridine rings is 1. The van der Waals surface area contributed by atoms with Gasteiger partial charge in [0.05, 0.1) is 30.8 Å².